The van der Waals surface area contributed by atoms with E-state index in [0.717, 1.165) is 36.5 Å². The zero-order valence-electron chi connectivity index (χ0n) is 15.2. The smallest absolute Gasteiger partial charge is 0.0543 e. The van der Waals surface area contributed by atoms with Gasteiger partial charge in [0.1, 0.15) is 0 Å². The summed E-state index contributed by atoms with van der Waals surface area (Å²) in [4.78, 5) is 0. The molecule has 0 saturated heterocycles. The molecule has 0 heterocycles. The van der Waals surface area contributed by atoms with Crippen LogP contribution in [0.4, 0.5) is 0 Å². The van der Waals surface area contributed by atoms with Crippen LogP contribution in [0, 0.1) is 39.9 Å². The highest BCUT2D eigenvalue weighted by molar-refractivity contribution is 5.11. The molecule has 4 aliphatic rings. The van der Waals surface area contributed by atoms with Crippen molar-refractivity contribution in [3.8, 4) is 0 Å². The second-order valence-corrected chi connectivity index (χ2v) is 10.5. The number of hydrogen-bond acceptors (Lipinski definition) is 1. The Morgan fingerprint density at radius 2 is 1.50 bits per heavy atom. The Kier molecular flexibility index (Phi) is 3.34. The van der Waals surface area contributed by atoms with Crippen LogP contribution in [0.1, 0.15) is 85.5 Å². The monoisotopic (exact) mass is 304 g/mol. The lowest BCUT2D eigenvalue weighted by molar-refractivity contribution is -0.134. The molecule has 4 aliphatic carbocycles. The highest BCUT2D eigenvalue weighted by atomic mass is 16.3. The first kappa shape index (κ1) is 15.5. The molecule has 4 rings (SSSR count). The molecule has 1 heteroatoms. The van der Waals surface area contributed by atoms with Crippen LogP contribution in [-0.2, 0) is 0 Å². The SMILES string of the molecule is CC1(C)CCC2C3CCC4CC(O)CC[C@]4(C)C3CC[C@@]21C. The summed E-state index contributed by atoms with van der Waals surface area (Å²) in [5, 5.41) is 10.1. The van der Waals surface area contributed by atoms with Crippen molar-refractivity contribution < 1.29 is 5.11 Å². The highest BCUT2D eigenvalue weighted by Gasteiger charge is 2.61. The Labute approximate surface area is 137 Å². The van der Waals surface area contributed by atoms with Crippen LogP contribution in [0.5, 0.6) is 0 Å². The molecule has 0 aliphatic heterocycles. The molecule has 4 saturated carbocycles. The summed E-state index contributed by atoms with van der Waals surface area (Å²) in [5.41, 5.74) is 1.67. The summed E-state index contributed by atoms with van der Waals surface area (Å²) >= 11 is 0. The molecule has 22 heavy (non-hydrogen) atoms. The molecule has 0 radical (unpaired) electrons. The summed E-state index contributed by atoms with van der Waals surface area (Å²) in [7, 11) is 0. The van der Waals surface area contributed by atoms with Gasteiger partial charge < -0.3 is 5.11 Å². The molecule has 1 N–H and O–H groups in total. The molecule has 0 aromatic carbocycles. The maximum Gasteiger partial charge on any atom is 0.0543 e. The van der Waals surface area contributed by atoms with Gasteiger partial charge in [0, 0.05) is 0 Å². The number of aliphatic hydroxyl groups excluding tert-OH is 1. The lowest BCUT2D eigenvalue weighted by Gasteiger charge is -2.61. The molecule has 7 atom stereocenters. The molecule has 0 bridgehead atoms. The van der Waals surface area contributed by atoms with Crippen molar-refractivity contribution in [2.75, 3.05) is 0 Å². The van der Waals surface area contributed by atoms with Crippen LogP contribution < -0.4 is 0 Å². The molecular formula is C21H36O. The molecule has 0 aromatic rings. The predicted octanol–water partition coefficient (Wildman–Crippen LogP) is 5.42. The van der Waals surface area contributed by atoms with Gasteiger partial charge in [0.05, 0.1) is 6.10 Å². The zero-order valence-corrected chi connectivity index (χ0v) is 15.2. The highest BCUT2D eigenvalue weighted by Crippen LogP contribution is 2.70. The maximum absolute atomic E-state index is 10.1. The Morgan fingerprint density at radius 1 is 0.773 bits per heavy atom. The Bertz CT molecular complexity index is 455. The Hall–Kier alpha value is -0.0400. The average Bonchev–Trinajstić information content (AvgIpc) is 2.70. The molecule has 126 valence electrons. The van der Waals surface area contributed by atoms with E-state index in [4.69, 9.17) is 0 Å². The summed E-state index contributed by atoms with van der Waals surface area (Å²) < 4.78 is 0. The van der Waals surface area contributed by atoms with Gasteiger partial charge in [0.2, 0.25) is 0 Å². The zero-order chi connectivity index (χ0) is 15.8. The van der Waals surface area contributed by atoms with Gasteiger partial charge in [-0.25, -0.2) is 0 Å². The topological polar surface area (TPSA) is 20.2 Å². The molecule has 5 unspecified atom stereocenters. The minimum atomic E-state index is -0.00565. The van der Waals surface area contributed by atoms with E-state index in [0.29, 0.717) is 16.2 Å². The van der Waals surface area contributed by atoms with Crippen molar-refractivity contribution in [2.24, 2.45) is 39.9 Å². The fraction of sp³-hybridized carbons (Fsp3) is 1.00. The van der Waals surface area contributed by atoms with Crippen LogP contribution >= 0.6 is 0 Å². The fourth-order valence-electron chi connectivity index (χ4n) is 7.73. The van der Waals surface area contributed by atoms with E-state index in [1.165, 1.54) is 44.9 Å². The van der Waals surface area contributed by atoms with Gasteiger partial charge in [-0.3, -0.25) is 0 Å². The number of rotatable bonds is 0. The minimum absolute atomic E-state index is 0.00565. The third-order valence-electron chi connectivity index (χ3n) is 9.65. The maximum atomic E-state index is 10.1. The van der Waals surface area contributed by atoms with Crippen molar-refractivity contribution in [3.63, 3.8) is 0 Å². The summed E-state index contributed by atoms with van der Waals surface area (Å²) in [6.07, 6.45) is 12.1. The Balaban J connectivity index is 1.64. The van der Waals surface area contributed by atoms with Gasteiger partial charge in [-0.1, -0.05) is 27.7 Å². The Morgan fingerprint density at radius 3 is 2.27 bits per heavy atom. The largest absolute Gasteiger partial charge is 0.393 e. The van der Waals surface area contributed by atoms with E-state index < -0.39 is 0 Å². The molecule has 0 amide bonds. The van der Waals surface area contributed by atoms with E-state index in [9.17, 15) is 5.11 Å². The van der Waals surface area contributed by atoms with Crippen molar-refractivity contribution >= 4 is 0 Å². The van der Waals surface area contributed by atoms with Crippen LogP contribution in [0.15, 0.2) is 0 Å². The summed E-state index contributed by atoms with van der Waals surface area (Å²) in [6.45, 7) is 10.3. The van der Waals surface area contributed by atoms with E-state index in [2.05, 4.69) is 27.7 Å². The number of fused-ring (bicyclic) bond motifs is 5. The van der Waals surface area contributed by atoms with Crippen molar-refractivity contribution in [2.45, 2.75) is 91.6 Å². The second-order valence-electron chi connectivity index (χ2n) is 10.5. The third-order valence-corrected chi connectivity index (χ3v) is 9.65. The van der Waals surface area contributed by atoms with E-state index in [1.54, 1.807) is 0 Å². The van der Waals surface area contributed by atoms with Crippen LogP contribution in [0.2, 0.25) is 0 Å². The molecular weight excluding hydrogens is 268 g/mol. The first-order valence-corrected chi connectivity index (χ1v) is 9.96. The van der Waals surface area contributed by atoms with Gasteiger partial charge in [-0.15, -0.1) is 0 Å². The molecule has 4 fully saturated rings. The van der Waals surface area contributed by atoms with Gasteiger partial charge in [-0.2, -0.15) is 0 Å². The lowest BCUT2D eigenvalue weighted by Crippen LogP contribution is -2.54. The van der Waals surface area contributed by atoms with Crippen LogP contribution in [-0.4, -0.2) is 11.2 Å². The average molecular weight is 305 g/mol. The van der Waals surface area contributed by atoms with Crippen molar-refractivity contribution in [1.82, 2.24) is 0 Å². The normalized spacial score (nSPS) is 56.9. The van der Waals surface area contributed by atoms with Crippen molar-refractivity contribution in [3.05, 3.63) is 0 Å². The lowest BCUT2D eigenvalue weighted by atomic mass is 9.43. The fourth-order valence-corrected chi connectivity index (χ4v) is 7.73. The minimum Gasteiger partial charge on any atom is -0.393 e. The van der Waals surface area contributed by atoms with Crippen LogP contribution in [0.25, 0.3) is 0 Å². The second kappa shape index (κ2) is 4.74. The van der Waals surface area contributed by atoms with Gasteiger partial charge >= 0.3 is 0 Å². The van der Waals surface area contributed by atoms with Gasteiger partial charge in [-0.05, 0) is 97.7 Å². The number of hydrogen-bond donors (Lipinski definition) is 1. The van der Waals surface area contributed by atoms with E-state index in [1.807, 2.05) is 0 Å². The first-order chi connectivity index (χ1) is 10.3. The van der Waals surface area contributed by atoms with Gasteiger partial charge in [0.25, 0.3) is 0 Å². The molecule has 1 nitrogen and oxygen atoms in total. The first-order valence-electron chi connectivity index (χ1n) is 9.96. The standard InChI is InChI=1S/C21H36O/c1-19(2)10-8-18-16-6-5-14-13-15(22)7-11-20(14,3)17(16)9-12-21(18,19)4/h14-18,22H,5-13H2,1-4H3/t14?,15?,16?,17?,18?,20-,21-/m0/s1. The molecule has 0 spiro atoms. The van der Waals surface area contributed by atoms with E-state index >= 15 is 0 Å². The van der Waals surface area contributed by atoms with Crippen molar-refractivity contribution in [1.29, 1.82) is 0 Å². The predicted molar refractivity (Wildman–Crippen MR) is 91.5 cm³/mol. The quantitative estimate of drug-likeness (QED) is 0.634. The number of aliphatic hydroxyl groups is 1. The van der Waals surface area contributed by atoms with Crippen LogP contribution in [0.3, 0.4) is 0 Å². The molecule has 0 aromatic heterocycles. The van der Waals surface area contributed by atoms with E-state index in [-0.39, 0.29) is 6.10 Å². The summed E-state index contributed by atoms with van der Waals surface area (Å²) in [5.74, 6) is 3.71. The third kappa shape index (κ3) is 1.87. The summed E-state index contributed by atoms with van der Waals surface area (Å²) in [6, 6.07) is 0. The van der Waals surface area contributed by atoms with Gasteiger partial charge in [0.15, 0.2) is 0 Å².